The molecule has 1 rings (SSSR count). The molecular formula is C12H20N2O2S2. The quantitative estimate of drug-likeness (QED) is 0.794. The van der Waals surface area contributed by atoms with Crippen molar-refractivity contribution in [3.8, 4) is 0 Å². The molecule has 0 aliphatic heterocycles. The average molecular weight is 288 g/mol. The van der Waals surface area contributed by atoms with Crippen molar-refractivity contribution < 1.29 is 9.90 Å². The molecular weight excluding hydrogens is 268 g/mol. The van der Waals surface area contributed by atoms with Gasteiger partial charge in [0.1, 0.15) is 0 Å². The van der Waals surface area contributed by atoms with Gasteiger partial charge in [0.25, 0.3) is 0 Å². The van der Waals surface area contributed by atoms with Crippen LogP contribution in [0.25, 0.3) is 0 Å². The van der Waals surface area contributed by atoms with E-state index in [-0.39, 0.29) is 12.5 Å². The number of aryl methyl sites for hydroxylation is 1. The molecule has 0 aromatic carbocycles. The highest BCUT2D eigenvalue weighted by molar-refractivity contribution is 7.99. The molecule has 1 aromatic rings. The molecule has 0 aliphatic rings. The smallest absolute Gasteiger partial charge is 0.232 e. The summed E-state index contributed by atoms with van der Waals surface area (Å²) in [5.41, 5.74) is 1.05. The standard InChI is InChI=1S/C12H20N2O2S2/c1-3-14(5-4-6-15)12(16)9-17-7-11-8-18-10(2)13-11/h8,15H,3-7,9H2,1-2H3. The number of hydrogen-bond acceptors (Lipinski definition) is 5. The molecule has 0 spiro atoms. The minimum Gasteiger partial charge on any atom is -0.396 e. The van der Waals surface area contributed by atoms with Gasteiger partial charge in [-0.3, -0.25) is 4.79 Å². The number of amides is 1. The third-order valence-corrected chi connectivity index (χ3v) is 4.24. The lowest BCUT2D eigenvalue weighted by atomic mass is 10.4. The summed E-state index contributed by atoms with van der Waals surface area (Å²) in [6, 6.07) is 0. The first kappa shape index (κ1) is 15.5. The van der Waals surface area contributed by atoms with Gasteiger partial charge in [0.15, 0.2) is 0 Å². The van der Waals surface area contributed by atoms with E-state index in [9.17, 15) is 4.79 Å². The van der Waals surface area contributed by atoms with Crippen LogP contribution >= 0.6 is 23.1 Å². The van der Waals surface area contributed by atoms with Gasteiger partial charge in [0, 0.05) is 30.8 Å². The van der Waals surface area contributed by atoms with Crippen LogP contribution < -0.4 is 0 Å². The maximum Gasteiger partial charge on any atom is 0.232 e. The van der Waals surface area contributed by atoms with Gasteiger partial charge >= 0.3 is 0 Å². The second-order valence-corrected chi connectivity index (χ2v) is 5.95. The number of aliphatic hydroxyl groups is 1. The highest BCUT2D eigenvalue weighted by Crippen LogP contribution is 2.15. The fraction of sp³-hybridized carbons (Fsp3) is 0.667. The van der Waals surface area contributed by atoms with Crippen LogP contribution in [-0.4, -0.2) is 46.3 Å². The van der Waals surface area contributed by atoms with Gasteiger partial charge in [0.2, 0.25) is 5.91 Å². The molecule has 6 heteroatoms. The largest absolute Gasteiger partial charge is 0.396 e. The van der Waals surface area contributed by atoms with Gasteiger partial charge < -0.3 is 10.0 Å². The normalized spacial score (nSPS) is 10.6. The van der Waals surface area contributed by atoms with Crippen molar-refractivity contribution in [1.29, 1.82) is 0 Å². The van der Waals surface area contributed by atoms with E-state index in [1.54, 1.807) is 28.0 Å². The van der Waals surface area contributed by atoms with E-state index >= 15 is 0 Å². The van der Waals surface area contributed by atoms with Crippen molar-refractivity contribution in [2.75, 3.05) is 25.4 Å². The zero-order chi connectivity index (χ0) is 13.4. The summed E-state index contributed by atoms with van der Waals surface area (Å²) >= 11 is 3.23. The van der Waals surface area contributed by atoms with Crippen LogP contribution in [0.1, 0.15) is 24.0 Å². The van der Waals surface area contributed by atoms with Crippen LogP contribution in [0.5, 0.6) is 0 Å². The van der Waals surface area contributed by atoms with Crippen LogP contribution in [-0.2, 0) is 10.5 Å². The number of hydrogen-bond donors (Lipinski definition) is 1. The van der Waals surface area contributed by atoms with Gasteiger partial charge in [0.05, 0.1) is 16.5 Å². The predicted molar refractivity (Wildman–Crippen MR) is 77.0 cm³/mol. The molecule has 0 radical (unpaired) electrons. The Morgan fingerprint density at radius 2 is 2.39 bits per heavy atom. The fourth-order valence-electron chi connectivity index (χ4n) is 1.53. The van der Waals surface area contributed by atoms with E-state index < -0.39 is 0 Å². The Labute approximate surface area is 116 Å². The van der Waals surface area contributed by atoms with E-state index in [1.165, 1.54) is 0 Å². The summed E-state index contributed by atoms with van der Waals surface area (Å²) in [5.74, 6) is 1.41. The van der Waals surface area contributed by atoms with Gasteiger partial charge in [-0.25, -0.2) is 4.98 Å². The minimum absolute atomic E-state index is 0.134. The Morgan fingerprint density at radius 1 is 1.61 bits per heavy atom. The molecule has 102 valence electrons. The molecule has 0 unspecified atom stereocenters. The van der Waals surface area contributed by atoms with E-state index in [0.717, 1.165) is 16.5 Å². The number of thioether (sulfide) groups is 1. The van der Waals surface area contributed by atoms with Gasteiger partial charge in [-0.1, -0.05) is 0 Å². The van der Waals surface area contributed by atoms with Crippen LogP contribution in [0.3, 0.4) is 0 Å². The Hall–Kier alpha value is -0.590. The molecule has 0 saturated carbocycles. The molecule has 0 bridgehead atoms. The van der Waals surface area contributed by atoms with Crippen molar-refractivity contribution in [1.82, 2.24) is 9.88 Å². The summed E-state index contributed by atoms with van der Waals surface area (Å²) in [4.78, 5) is 18.0. The van der Waals surface area contributed by atoms with E-state index in [4.69, 9.17) is 5.11 Å². The van der Waals surface area contributed by atoms with Crippen LogP contribution in [0, 0.1) is 6.92 Å². The number of rotatable bonds is 8. The maximum absolute atomic E-state index is 11.9. The zero-order valence-corrected chi connectivity index (χ0v) is 12.5. The Kier molecular flexibility index (Phi) is 7.31. The number of carbonyl (C=O) groups excluding carboxylic acids is 1. The number of carbonyl (C=O) groups is 1. The van der Waals surface area contributed by atoms with Crippen molar-refractivity contribution in [2.24, 2.45) is 0 Å². The molecule has 18 heavy (non-hydrogen) atoms. The maximum atomic E-state index is 11.9. The molecule has 0 aliphatic carbocycles. The highest BCUT2D eigenvalue weighted by Gasteiger charge is 2.11. The molecule has 1 amide bonds. The first-order valence-corrected chi connectivity index (χ1v) is 8.08. The third-order valence-electron chi connectivity index (χ3n) is 2.46. The molecule has 4 nitrogen and oxygen atoms in total. The first-order valence-electron chi connectivity index (χ1n) is 6.04. The molecule has 0 saturated heterocycles. The molecule has 0 atom stereocenters. The topological polar surface area (TPSA) is 53.4 Å². The van der Waals surface area contributed by atoms with Crippen LogP contribution in [0.4, 0.5) is 0 Å². The first-order chi connectivity index (χ1) is 8.67. The van der Waals surface area contributed by atoms with Crippen molar-refractivity contribution in [3.63, 3.8) is 0 Å². The number of aromatic nitrogens is 1. The van der Waals surface area contributed by atoms with Crippen LogP contribution in [0.15, 0.2) is 5.38 Å². The summed E-state index contributed by atoms with van der Waals surface area (Å²) in [7, 11) is 0. The van der Waals surface area contributed by atoms with Crippen molar-refractivity contribution in [2.45, 2.75) is 26.0 Å². The van der Waals surface area contributed by atoms with E-state index in [2.05, 4.69) is 4.98 Å². The predicted octanol–water partition coefficient (Wildman–Crippen LogP) is 1.92. The summed E-state index contributed by atoms with van der Waals surface area (Å²) in [6.07, 6.45) is 0.648. The summed E-state index contributed by atoms with van der Waals surface area (Å²) in [5, 5.41) is 11.9. The van der Waals surface area contributed by atoms with E-state index in [0.29, 0.717) is 25.3 Å². The molecule has 1 N–H and O–H groups in total. The number of nitrogens with zero attached hydrogens (tertiary/aromatic N) is 2. The monoisotopic (exact) mass is 288 g/mol. The molecule has 1 aromatic heterocycles. The highest BCUT2D eigenvalue weighted by atomic mass is 32.2. The Bertz CT molecular complexity index is 369. The minimum atomic E-state index is 0.134. The third kappa shape index (κ3) is 5.37. The SMILES string of the molecule is CCN(CCCO)C(=O)CSCc1csc(C)n1. The van der Waals surface area contributed by atoms with Gasteiger partial charge in [-0.15, -0.1) is 23.1 Å². The van der Waals surface area contributed by atoms with Crippen molar-refractivity contribution in [3.05, 3.63) is 16.1 Å². The number of thiazole rings is 1. The Balaban J connectivity index is 2.26. The van der Waals surface area contributed by atoms with Crippen LogP contribution in [0.2, 0.25) is 0 Å². The fourth-order valence-corrected chi connectivity index (χ4v) is 3.06. The lowest BCUT2D eigenvalue weighted by Gasteiger charge is -2.20. The van der Waals surface area contributed by atoms with Crippen molar-refractivity contribution >= 4 is 29.0 Å². The van der Waals surface area contributed by atoms with E-state index in [1.807, 2.05) is 19.2 Å². The Morgan fingerprint density at radius 3 is 2.94 bits per heavy atom. The molecule has 0 fully saturated rings. The summed E-state index contributed by atoms with van der Waals surface area (Å²) < 4.78 is 0. The average Bonchev–Trinajstić information content (AvgIpc) is 2.76. The van der Waals surface area contributed by atoms with Gasteiger partial charge in [-0.2, -0.15) is 0 Å². The molecule has 1 heterocycles. The second-order valence-electron chi connectivity index (χ2n) is 3.90. The second kappa shape index (κ2) is 8.50. The zero-order valence-electron chi connectivity index (χ0n) is 10.9. The summed E-state index contributed by atoms with van der Waals surface area (Å²) in [6.45, 7) is 5.42. The van der Waals surface area contributed by atoms with Gasteiger partial charge in [-0.05, 0) is 20.3 Å². The lowest BCUT2D eigenvalue weighted by molar-refractivity contribution is -0.128. The number of aliphatic hydroxyl groups excluding tert-OH is 1. The lowest BCUT2D eigenvalue weighted by Crippen LogP contribution is -2.33.